The van der Waals surface area contributed by atoms with E-state index in [0.29, 0.717) is 15.7 Å². The Morgan fingerprint density at radius 3 is 1.91 bits per heavy atom. The first-order chi connectivity index (χ1) is 16.1. The Kier molecular flexibility index (Phi) is 5.10. The number of alkyl halides is 2. The smallest absolute Gasteiger partial charge is 0.332 e. The van der Waals surface area contributed by atoms with Crippen molar-refractivity contribution >= 4 is 40.6 Å². The third-order valence-electron chi connectivity index (χ3n) is 6.45. The van der Waals surface area contributed by atoms with Crippen LogP contribution in [0.15, 0.2) is 72.8 Å². The largest absolute Gasteiger partial charge is 0.364 e. The van der Waals surface area contributed by atoms with E-state index in [0.717, 1.165) is 4.90 Å². The minimum Gasteiger partial charge on any atom is -0.364 e. The normalized spacial score (nSPS) is 22.5. The first-order valence-electron chi connectivity index (χ1n) is 10.4. The summed E-state index contributed by atoms with van der Waals surface area (Å²) < 4.78 is 29.1. The molecule has 2 aliphatic rings. The molecule has 34 heavy (non-hydrogen) atoms. The van der Waals surface area contributed by atoms with Crippen LogP contribution in [-0.2, 0) is 5.72 Å². The number of hydrogen-bond acceptors (Lipinski definition) is 3. The van der Waals surface area contributed by atoms with Crippen molar-refractivity contribution in [3.8, 4) is 6.07 Å². The molecule has 0 bridgehead atoms. The predicted octanol–water partition coefficient (Wildman–Crippen LogP) is 6.32. The number of hydrogen-bond donors (Lipinski definition) is 1. The number of anilines is 2. The first-order valence-corrected chi connectivity index (χ1v) is 11.1. The zero-order valence-electron chi connectivity index (χ0n) is 17.6. The van der Waals surface area contributed by atoms with Crippen LogP contribution >= 0.6 is 23.2 Å². The van der Waals surface area contributed by atoms with E-state index < -0.39 is 36.1 Å². The number of benzene rings is 3. The van der Waals surface area contributed by atoms with Crippen LogP contribution < -0.4 is 9.80 Å². The summed E-state index contributed by atoms with van der Waals surface area (Å²) in [6.45, 7) is 0. The van der Waals surface area contributed by atoms with Gasteiger partial charge in [0.1, 0.15) is 5.54 Å². The van der Waals surface area contributed by atoms with Gasteiger partial charge in [0.25, 0.3) is 5.92 Å². The lowest BCUT2D eigenvalue weighted by Crippen LogP contribution is -2.70. The van der Waals surface area contributed by atoms with E-state index in [1.54, 1.807) is 42.5 Å². The highest BCUT2D eigenvalue weighted by Crippen LogP contribution is 2.63. The van der Waals surface area contributed by atoms with Gasteiger partial charge in [-0.3, -0.25) is 9.80 Å². The van der Waals surface area contributed by atoms with Gasteiger partial charge in [0, 0.05) is 39.8 Å². The van der Waals surface area contributed by atoms with Crippen LogP contribution in [0.1, 0.15) is 24.0 Å². The maximum absolute atomic E-state index is 14.5. The number of nitriles is 1. The zero-order chi connectivity index (χ0) is 24.3. The van der Waals surface area contributed by atoms with Crippen LogP contribution in [0, 0.1) is 11.3 Å². The molecular weight excluding hydrogens is 483 g/mol. The predicted molar refractivity (Wildman–Crippen MR) is 125 cm³/mol. The molecule has 1 spiro atoms. The topological polar surface area (TPSA) is 67.6 Å². The van der Waals surface area contributed by atoms with Gasteiger partial charge in [0.15, 0.2) is 5.72 Å². The summed E-state index contributed by atoms with van der Waals surface area (Å²) in [5.74, 6) is -3.10. The highest BCUT2D eigenvalue weighted by atomic mass is 35.5. The van der Waals surface area contributed by atoms with Crippen LogP contribution in [-0.4, -0.2) is 22.6 Å². The summed E-state index contributed by atoms with van der Waals surface area (Å²) in [7, 11) is 0. The van der Waals surface area contributed by atoms with Gasteiger partial charge >= 0.3 is 6.03 Å². The standard InChI is InChI=1S/C25H17Cl2F2N3O2/c26-18-4-8-20(9-5-18)31-22(33)32(21-10-6-19(27)7-11-21)25(34,23(31)14-24(28,29)15-23)17-3-1-2-16(12-17)13-30/h1-12,34H,14-15H2. The van der Waals surface area contributed by atoms with Crippen molar-refractivity contribution in [1.82, 2.24) is 0 Å². The van der Waals surface area contributed by atoms with E-state index in [2.05, 4.69) is 0 Å². The zero-order valence-corrected chi connectivity index (χ0v) is 19.1. The van der Waals surface area contributed by atoms with Gasteiger partial charge in [-0.15, -0.1) is 0 Å². The summed E-state index contributed by atoms with van der Waals surface area (Å²) in [4.78, 5) is 16.3. The maximum atomic E-state index is 14.5. The number of nitrogens with zero attached hydrogens (tertiary/aromatic N) is 3. The second-order valence-corrected chi connectivity index (χ2v) is 9.39. The van der Waals surface area contributed by atoms with Crippen molar-refractivity contribution in [1.29, 1.82) is 5.26 Å². The Labute approximate surface area is 204 Å². The maximum Gasteiger partial charge on any atom is 0.332 e. The molecule has 1 aliphatic carbocycles. The van der Waals surface area contributed by atoms with Crippen molar-refractivity contribution in [3.05, 3.63) is 94.0 Å². The first kappa shape index (κ1) is 22.6. The number of aliphatic hydroxyl groups is 1. The van der Waals surface area contributed by atoms with E-state index in [4.69, 9.17) is 23.2 Å². The van der Waals surface area contributed by atoms with Gasteiger partial charge in [-0.1, -0.05) is 35.3 Å². The molecule has 1 heterocycles. The quantitative estimate of drug-likeness (QED) is 0.458. The van der Waals surface area contributed by atoms with Crippen LogP contribution in [0.25, 0.3) is 0 Å². The Hall–Kier alpha value is -3.18. The van der Waals surface area contributed by atoms with Gasteiger partial charge in [-0.05, 0) is 60.7 Å². The fourth-order valence-electron chi connectivity index (χ4n) is 5.03. The van der Waals surface area contributed by atoms with Crippen molar-refractivity contribution in [2.75, 3.05) is 9.80 Å². The molecule has 2 amide bonds. The molecule has 1 N–H and O–H groups in total. The fraction of sp³-hybridized carbons (Fsp3) is 0.200. The SMILES string of the molecule is N#Cc1cccc(C2(O)N(c3ccc(Cl)cc3)C(=O)N(c3ccc(Cl)cc3)C23CC(F)(F)C3)c1. The number of carbonyl (C=O) groups is 1. The second-order valence-electron chi connectivity index (χ2n) is 8.51. The molecule has 2 fully saturated rings. The highest BCUT2D eigenvalue weighted by Gasteiger charge is 2.77. The van der Waals surface area contributed by atoms with E-state index in [1.807, 2.05) is 6.07 Å². The number of urea groups is 1. The minimum atomic E-state index is -3.10. The fourth-order valence-corrected chi connectivity index (χ4v) is 5.28. The van der Waals surface area contributed by atoms with E-state index in [9.17, 15) is 23.9 Å². The third kappa shape index (κ3) is 3.17. The Morgan fingerprint density at radius 2 is 1.41 bits per heavy atom. The molecule has 1 aliphatic heterocycles. The molecule has 3 aromatic rings. The summed E-state index contributed by atoms with van der Waals surface area (Å²) in [6.07, 6.45) is -1.54. The van der Waals surface area contributed by atoms with Crippen LogP contribution in [0.5, 0.6) is 0 Å². The van der Waals surface area contributed by atoms with Crippen LogP contribution in [0.3, 0.4) is 0 Å². The average molecular weight is 500 g/mol. The molecule has 3 aromatic carbocycles. The van der Waals surface area contributed by atoms with E-state index >= 15 is 0 Å². The lowest BCUT2D eigenvalue weighted by Gasteiger charge is -2.55. The summed E-state index contributed by atoms with van der Waals surface area (Å²) in [5, 5.41) is 22.6. The van der Waals surface area contributed by atoms with Gasteiger partial charge < -0.3 is 5.11 Å². The average Bonchev–Trinajstić information content (AvgIpc) is 2.99. The van der Waals surface area contributed by atoms with Gasteiger partial charge in [0.05, 0.1) is 11.6 Å². The van der Waals surface area contributed by atoms with Crippen LogP contribution in [0.2, 0.25) is 10.0 Å². The molecule has 1 saturated carbocycles. The number of amides is 2. The van der Waals surface area contributed by atoms with Crippen molar-refractivity contribution in [2.45, 2.75) is 30.0 Å². The van der Waals surface area contributed by atoms with E-state index in [1.165, 1.54) is 35.2 Å². The summed E-state index contributed by atoms with van der Waals surface area (Å²) >= 11 is 12.0. The van der Waals surface area contributed by atoms with Gasteiger partial charge in [-0.2, -0.15) is 5.26 Å². The molecule has 5 nitrogen and oxygen atoms in total. The van der Waals surface area contributed by atoms with Crippen LogP contribution in [0.4, 0.5) is 25.0 Å². The Bertz CT molecular complexity index is 1320. The lowest BCUT2D eigenvalue weighted by molar-refractivity contribution is -0.182. The molecular formula is C25H17Cl2F2N3O2. The highest BCUT2D eigenvalue weighted by molar-refractivity contribution is 6.31. The monoisotopic (exact) mass is 499 g/mol. The number of carbonyl (C=O) groups excluding carboxylic acids is 1. The number of rotatable bonds is 3. The lowest BCUT2D eigenvalue weighted by atomic mass is 9.64. The second kappa shape index (κ2) is 7.67. The molecule has 9 heteroatoms. The van der Waals surface area contributed by atoms with Crippen molar-refractivity contribution in [3.63, 3.8) is 0 Å². The third-order valence-corrected chi connectivity index (χ3v) is 6.95. The molecule has 172 valence electrons. The van der Waals surface area contributed by atoms with Crippen molar-refractivity contribution in [2.24, 2.45) is 0 Å². The Balaban J connectivity index is 1.79. The summed E-state index contributed by atoms with van der Waals surface area (Å²) in [6, 6.07) is 19.7. The molecule has 5 rings (SSSR count). The van der Waals surface area contributed by atoms with Gasteiger partial charge in [0.2, 0.25) is 0 Å². The minimum absolute atomic E-state index is 0.154. The molecule has 0 aromatic heterocycles. The molecule has 0 radical (unpaired) electrons. The summed E-state index contributed by atoms with van der Waals surface area (Å²) in [5.41, 5.74) is -2.97. The molecule has 1 unspecified atom stereocenters. The van der Waals surface area contributed by atoms with Crippen molar-refractivity contribution < 1.29 is 18.7 Å². The molecule has 1 atom stereocenters. The number of halogens is 4. The van der Waals surface area contributed by atoms with Gasteiger partial charge in [-0.25, -0.2) is 13.6 Å². The Morgan fingerprint density at radius 1 is 0.882 bits per heavy atom. The van der Waals surface area contributed by atoms with E-state index in [-0.39, 0.29) is 16.8 Å². The molecule has 1 saturated heterocycles.